The van der Waals surface area contributed by atoms with Crippen LogP contribution in [0.3, 0.4) is 0 Å². The molecule has 1 aliphatic carbocycles. The van der Waals surface area contributed by atoms with E-state index in [1.165, 1.54) is 42.6 Å². The summed E-state index contributed by atoms with van der Waals surface area (Å²) in [6.07, 6.45) is 7.18. The van der Waals surface area contributed by atoms with E-state index in [9.17, 15) is 0 Å². The highest BCUT2D eigenvalue weighted by atomic mass is 32.1. The van der Waals surface area contributed by atoms with E-state index >= 15 is 0 Å². The molecule has 1 saturated carbocycles. The molecule has 5 heteroatoms. The SMILES string of the molecule is Cc1cc([C@@H]2[C@@H](c3ccccn3)NC(=S)N2CC(C)C)c(C)n1C1CCCC1. The molecule has 2 aromatic heterocycles. The first-order valence-electron chi connectivity index (χ1n) is 10.6. The molecular formula is C23H32N4S. The van der Waals surface area contributed by atoms with Gasteiger partial charge in [-0.1, -0.05) is 32.8 Å². The molecule has 4 rings (SSSR count). The van der Waals surface area contributed by atoms with Crippen molar-refractivity contribution >= 4 is 17.3 Å². The van der Waals surface area contributed by atoms with Crippen LogP contribution in [0.2, 0.25) is 0 Å². The van der Waals surface area contributed by atoms with Crippen molar-refractivity contribution in [2.45, 2.75) is 71.5 Å². The first-order valence-corrected chi connectivity index (χ1v) is 11.0. The molecule has 2 atom stereocenters. The van der Waals surface area contributed by atoms with Crippen LogP contribution in [0.1, 0.15) is 80.3 Å². The molecule has 1 aliphatic heterocycles. The Hall–Kier alpha value is -1.88. The number of hydrogen-bond donors (Lipinski definition) is 1. The van der Waals surface area contributed by atoms with Crippen molar-refractivity contribution in [3.8, 4) is 0 Å². The molecule has 0 bridgehead atoms. The molecule has 0 unspecified atom stereocenters. The second kappa shape index (κ2) is 7.86. The van der Waals surface area contributed by atoms with Crippen LogP contribution in [0.15, 0.2) is 30.5 Å². The van der Waals surface area contributed by atoms with Crippen LogP contribution in [0.4, 0.5) is 0 Å². The third-order valence-electron chi connectivity index (χ3n) is 6.29. The van der Waals surface area contributed by atoms with Crippen LogP contribution < -0.4 is 5.32 Å². The van der Waals surface area contributed by atoms with Crippen LogP contribution in [0.25, 0.3) is 0 Å². The maximum absolute atomic E-state index is 5.78. The van der Waals surface area contributed by atoms with Gasteiger partial charge in [-0.25, -0.2) is 0 Å². The largest absolute Gasteiger partial charge is 0.352 e. The number of thiocarbonyl (C=S) groups is 1. The molecule has 2 aliphatic rings. The summed E-state index contributed by atoms with van der Waals surface area (Å²) in [5, 5.41) is 4.43. The molecule has 4 nitrogen and oxygen atoms in total. The van der Waals surface area contributed by atoms with Crippen molar-refractivity contribution < 1.29 is 0 Å². The molecule has 1 saturated heterocycles. The van der Waals surface area contributed by atoms with E-state index < -0.39 is 0 Å². The van der Waals surface area contributed by atoms with Crippen molar-refractivity contribution in [3.05, 3.63) is 53.1 Å². The fourth-order valence-electron chi connectivity index (χ4n) is 5.16. The zero-order valence-corrected chi connectivity index (χ0v) is 18.3. The first-order chi connectivity index (χ1) is 13.5. The summed E-state index contributed by atoms with van der Waals surface area (Å²) in [5.41, 5.74) is 5.23. The number of rotatable bonds is 5. The van der Waals surface area contributed by atoms with Crippen LogP contribution in [-0.4, -0.2) is 26.1 Å². The van der Waals surface area contributed by atoms with Gasteiger partial charge in [-0.05, 0) is 68.6 Å². The maximum Gasteiger partial charge on any atom is 0.170 e. The second-order valence-electron chi connectivity index (χ2n) is 8.81. The molecule has 1 N–H and O–H groups in total. The lowest BCUT2D eigenvalue weighted by Gasteiger charge is -2.29. The van der Waals surface area contributed by atoms with Crippen LogP contribution >= 0.6 is 12.2 Å². The molecule has 150 valence electrons. The number of aryl methyl sites for hydroxylation is 1. The highest BCUT2D eigenvalue weighted by molar-refractivity contribution is 7.80. The zero-order chi connectivity index (χ0) is 19.8. The maximum atomic E-state index is 5.78. The van der Waals surface area contributed by atoms with Crippen molar-refractivity contribution in [1.29, 1.82) is 0 Å². The minimum absolute atomic E-state index is 0.0879. The molecule has 28 heavy (non-hydrogen) atoms. The number of nitrogens with one attached hydrogen (secondary N) is 1. The van der Waals surface area contributed by atoms with Gasteiger partial charge in [0.25, 0.3) is 0 Å². The fourth-order valence-corrected chi connectivity index (χ4v) is 5.48. The van der Waals surface area contributed by atoms with Crippen molar-refractivity contribution in [3.63, 3.8) is 0 Å². The third-order valence-corrected chi connectivity index (χ3v) is 6.64. The Morgan fingerprint density at radius 2 is 1.96 bits per heavy atom. The van der Waals surface area contributed by atoms with Gasteiger partial charge in [0, 0.05) is 30.2 Å². The van der Waals surface area contributed by atoms with E-state index in [4.69, 9.17) is 12.2 Å². The van der Waals surface area contributed by atoms with E-state index in [1.54, 1.807) is 0 Å². The number of nitrogens with zero attached hydrogens (tertiary/aromatic N) is 3. The highest BCUT2D eigenvalue weighted by Gasteiger charge is 2.41. The summed E-state index contributed by atoms with van der Waals surface area (Å²) in [7, 11) is 0. The van der Waals surface area contributed by atoms with Gasteiger partial charge in [-0.2, -0.15) is 0 Å². The molecule has 2 aromatic rings. The molecule has 0 aromatic carbocycles. The lowest BCUT2D eigenvalue weighted by atomic mass is 9.96. The van der Waals surface area contributed by atoms with E-state index in [0.29, 0.717) is 12.0 Å². The van der Waals surface area contributed by atoms with Crippen molar-refractivity contribution in [2.24, 2.45) is 5.92 Å². The van der Waals surface area contributed by atoms with E-state index in [2.05, 4.69) is 65.7 Å². The Balaban J connectivity index is 1.78. The Bertz CT molecular complexity index is 836. The summed E-state index contributed by atoms with van der Waals surface area (Å²) in [5.74, 6) is 0.544. The van der Waals surface area contributed by atoms with Gasteiger partial charge < -0.3 is 14.8 Å². The zero-order valence-electron chi connectivity index (χ0n) is 17.5. The number of pyridine rings is 1. The monoisotopic (exact) mass is 396 g/mol. The average Bonchev–Trinajstić information content (AvgIpc) is 3.35. The lowest BCUT2D eigenvalue weighted by molar-refractivity contribution is 0.286. The number of aromatic nitrogens is 2. The standard InChI is InChI=1S/C23H32N4S/c1-15(2)14-26-22(21(25-23(26)28)20-11-7-8-12-24-20)19-13-16(3)27(17(19)4)18-9-5-6-10-18/h7-8,11-13,15,18,21-22H,5-6,9-10,14H2,1-4H3,(H,25,28)/t21-,22-/m1/s1. The Kier molecular flexibility index (Phi) is 5.46. The minimum Gasteiger partial charge on any atom is -0.352 e. The summed E-state index contributed by atoms with van der Waals surface area (Å²) in [6, 6.07) is 9.48. The van der Waals surface area contributed by atoms with Gasteiger partial charge in [0.1, 0.15) is 0 Å². The van der Waals surface area contributed by atoms with Crippen molar-refractivity contribution in [1.82, 2.24) is 19.8 Å². The van der Waals surface area contributed by atoms with Crippen molar-refractivity contribution in [2.75, 3.05) is 6.54 Å². The van der Waals surface area contributed by atoms with Gasteiger partial charge in [-0.3, -0.25) is 4.98 Å². The highest BCUT2D eigenvalue weighted by Crippen LogP contribution is 2.43. The Labute approximate surface area is 174 Å². The van der Waals surface area contributed by atoms with Crippen LogP contribution in [0.5, 0.6) is 0 Å². The summed E-state index contributed by atoms with van der Waals surface area (Å²) >= 11 is 5.78. The van der Waals surface area contributed by atoms with Crippen LogP contribution in [-0.2, 0) is 0 Å². The van der Waals surface area contributed by atoms with Crippen LogP contribution in [0, 0.1) is 19.8 Å². The molecule has 0 spiro atoms. The summed E-state index contributed by atoms with van der Waals surface area (Å²) in [6.45, 7) is 10.0. The third kappa shape index (κ3) is 3.45. The fraction of sp³-hybridized carbons (Fsp3) is 0.565. The molecule has 3 heterocycles. The quantitative estimate of drug-likeness (QED) is 0.700. The smallest absolute Gasteiger partial charge is 0.170 e. The van der Waals surface area contributed by atoms with E-state index in [-0.39, 0.29) is 12.1 Å². The normalized spacial score (nSPS) is 23.0. The average molecular weight is 397 g/mol. The van der Waals surface area contributed by atoms with Gasteiger partial charge in [0.2, 0.25) is 0 Å². The predicted octanol–water partition coefficient (Wildman–Crippen LogP) is 5.24. The van der Waals surface area contributed by atoms with Gasteiger partial charge in [0.05, 0.1) is 17.8 Å². The predicted molar refractivity (Wildman–Crippen MR) is 118 cm³/mol. The first kappa shape index (κ1) is 19.4. The van der Waals surface area contributed by atoms with Gasteiger partial charge in [-0.15, -0.1) is 0 Å². The second-order valence-corrected chi connectivity index (χ2v) is 9.19. The van der Waals surface area contributed by atoms with E-state index in [0.717, 1.165) is 17.4 Å². The molecule has 2 fully saturated rings. The van der Waals surface area contributed by atoms with E-state index in [1.807, 2.05) is 12.3 Å². The topological polar surface area (TPSA) is 33.1 Å². The lowest BCUT2D eigenvalue weighted by Crippen LogP contribution is -2.33. The summed E-state index contributed by atoms with van der Waals surface area (Å²) in [4.78, 5) is 7.05. The Morgan fingerprint density at radius 3 is 2.61 bits per heavy atom. The molecule has 0 radical (unpaired) electrons. The summed E-state index contributed by atoms with van der Waals surface area (Å²) < 4.78 is 2.59. The Morgan fingerprint density at radius 1 is 1.21 bits per heavy atom. The number of hydrogen-bond acceptors (Lipinski definition) is 2. The van der Waals surface area contributed by atoms with Gasteiger partial charge in [0.15, 0.2) is 5.11 Å². The molecule has 0 amide bonds. The molecular weight excluding hydrogens is 364 g/mol. The minimum atomic E-state index is 0.0879. The van der Waals surface area contributed by atoms with Gasteiger partial charge >= 0.3 is 0 Å².